The van der Waals surface area contributed by atoms with Gasteiger partial charge in [0.15, 0.2) is 0 Å². The predicted molar refractivity (Wildman–Crippen MR) is 76.0 cm³/mol. The Morgan fingerprint density at radius 2 is 2.42 bits per heavy atom. The number of amides is 1. The molecule has 6 heteroatoms. The number of nitrogens with one attached hydrogen (secondary N) is 1. The van der Waals surface area contributed by atoms with Gasteiger partial charge in [0.1, 0.15) is 0 Å². The third kappa shape index (κ3) is 5.50. The summed E-state index contributed by atoms with van der Waals surface area (Å²) in [5, 5.41) is 12.8. The van der Waals surface area contributed by atoms with Crippen LogP contribution >= 0.6 is 11.3 Å². The van der Waals surface area contributed by atoms with Crippen LogP contribution in [-0.2, 0) is 9.53 Å². The minimum absolute atomic E-state index is 0.00209. The standard InChI is InChI=1S/C13H20N2O3S/c1-10-14-8-11(19-10)4-5-12(17)15-13(2,6-7-16)9-18-3/h4-5,8,16H,6-7,9H2,1-3H3,(H,15,17)/b5-4+. The highest BCUT2D eigenvalue weighted by Gasteiger charge is 2.24. The number of carbonyl (C=O) groups is 1. The zero-order chi connectivity index (χ0) is 14.3. The van der Waals surface area contributed by atoms with E-state index < -0.39 is 5.54 Å². The van der Waals surface area contributed by atoms with Crippen molar-refractivity contribution in [1.29, 1.82) is 0 Å². The van der Waals surface area contributed by atoms with Crippen LogP contribution in [0, 0.1) is 6.92 Å². The van der Waals surface area contributed by atoms with Gasteiger partial charge in [0, 0.05) is 30.9 Å². The Balaban J connectivity index is 2.59. The third-order valence-corrected chi connectivity index (χ3v) is 3.47. The minimum Gasteiger partial charge on any atom is -0.396 e. The lowest BCUT2D eigenvalue weighted by Crippen LogP contribution is -2.49. The Kier molecular flexibility index (Phi) is 6.14. The van der Waals surface area contributed by atoms with Crippen LogP contribution in [0.4, 0.5) is 0 Å². The summed E-state index contributed by atoms with van der Waals surface area (Å²) in [5.74, 6) is -0.209. The Hall–Kier alpha value is -1.24. The summed E-state index contributed by atoms with van der Waals surface area (Å²) in [7, 11) is 1.57. The number of aromatic nitrogens is 1. The molecule has 0 radical (unpaired) electrons. The molecule has 1 aromatic rings. The number of nitrogens with zero attached hydrogens (tertiary/aromatic N) is 1. The van der Waals surface area contributed by atoms with Gasteiger partial charge >= 0.3 is 0 Å². The van der Waals surface area contributed by atoms with Gasteiger partial charge in [0.2, 0.25) is 5.91 Å². The number of ether oxygens (including phenoxy) is 1. The van der Waals surface area contributed by atoms with Crippen LogP contribution in [0.2, 0.25) is 0 Å². The van der Waals surface area contributed by atoms with Crippen molar-refractivity contribution in [3.63, 3.8) is 0 Å². The van der Waals surface area contributed by atoms with Crippen molar-refractivity contribution in [1.82, 2.24) is 10.3 Å². The number of aliphatic hydroxyl groups excluding tert-OH is 1. The van der Waals surface area contributed by atoms with Crippen LogP contribution in [-0.4, -0.2) is 41.9 Å². The summed E-state index contributed by atoms with van der Waals surface area (Å²) >= 11 is 1.53. The first-order chi connectivity index (χ1) is 8.99. The number of aliphatic hydroxyl groups is 1. The van der Waals surface area contributed by atoms with Crippen LogP contribution < -0.4 is 5.32 Å². The number of thiazole rings is 1. The van der Waals surface area contributed by atoms with Crippen molar-refractivity contribution < 1.29 is 14.6 Å². The molecule has 5 nitrogen and oxygen atoms in total. The second-order valence-electron chi connectivity index (χ2n) is 4.57. The van der Waals surface area contributed by atoms with Gasteiger partial charge in [0.25, 0.3) is 0 Å². The zero-order valence-electron chi connectivity index (χ0n) is 11.5. The highest BCUT2D eigenvalue weighted by molar-refractivity contribution is 7.12. The van der Waals surface area contributed by atoms with Crippen molar-refractivity contribution in [2.45, 2.75) is 25.8 Å². The normalized spacial score (nSPS) is 14.5. The molecule has 1 rings (SSSR count). The molecular formula is C13H20N2O3S. The second kappa shape index (κ2) is 7.37. The lowest BCUT2D eigenvalue weighted by molar-refractivity contribution is -0.119. The topological polar surface area (TPSA) is 71.5 Å². The van der Waals surface area contributed by atoms with Gasteiger partial charge in [-0.1, -0.05) is 0 Å². The summed E-state index contributed by atoms with van der Waals surface area (Å²) in [5.41, 5.74) is -0.561. The summed E-state index contributed by atoms with van der Waals surface area (Å²) < 4.78 is 5.07. The van der Waals surface area contributed by atoms with Crippen LogP contribution in [0.3, 0.4) is 0 Å². The molecule has 0 spiro atoms. The molecule has 1 amide bonds. The largest absolute Gasteiger partial charge is 0.396 e. The Morgan fingerprint density at radius 3 is 2.95 bits per heavy atom. The number of methoxy groups -OCH3 is 1. The maximum atomic E-state index is 11.8. The molecule has 0 aliphatic rings. The Morgan fingerprint density at radius 1 is 1.68 bits per heavy atom. The van der Waals surface area contributed by atoms with Gasteiger partial charge in [0.05, 0.1) is 17.2 Å². The second-order valence-corrected chi connectivity index (χ2v) is 5.84. The maximum Gasteiger partial charge on any atom is 0.244 e. The molecule has 0 saturated carbocycles. The molecule has 0 aromatic carbocycles. The van der Waals surface area contributed by atoms with Gasteiger partial charge in [-0.25, -0.2) is 4.98 Å². The summed E-state index contributed by atoms with van der Waals surface area (Å²) in [4.78, 5) is 16.9. The van der Waals surface area contributed by atoms with Crippen LogP contribution in [0.1, 0.15) is 23.2 Å². The highest BCUT2D eigenvalue weighted by atomic mass is 32.1. The van der Waals surface area contributed by atoms with Gasteiger partial charge in [-0.15, -0.1) is 11.3 Å². The van der Waals surface area contributed by atoms with Crippen LogP contribution in [0.25, 0.3) is 6.08 Å². The fourth-order valence-electron chi connectivity index (χ4n) is 1.69. The molecule has 0 saturated heterocycles. The van der Waals surface area contributed by atoms with Crippen molar-refractivity contribution in [2.24, 2.45) is 0 Å². The summed E-state index contributed by atoms with van der Waals surface area (Å²) in [6.45, 7) is 4.11. The minimum atomic E-state index is -0.561. The van der Waals surface area contributed by atoms with Gasteiger partial charge in [-0.05, 0) is 26.3 Å². The van der Waals surface area contributed by atoms with Crippen molar-refractivity contribution >= 4 is 23.3 Å². The Bertz CT molecular complexity index is 437. The quantitative estimate of drug-likeness (QED) is 0.742. The van der Waals surface area contributed by atoms with Gasteiger partial charge < -0.3 is 15.2 Å². The molecule has 0 fully saturated rings. The smallest absolute Gasteiger partial charge is 0.244 e. The van der Waals surface area contributed by atoms with Gasteiger partial charge in [-0.2, -0.15) is 0 Å². The zero-order valence-corrected chi connectivity index (χ0v) is 12.3. The van der Waals surface area contributed by atoms with Gasteiger partial charge in [-0.3, -0.25) is 4.79 Å². The van der Waals surface area contributed by atoms with E-state index in [0.29, 0.717) is 13.0 Å². The molecule has 0 aliphatic heterocycles. The highest BCUT2D eigenvalue weighted by Crippen LogP contribution is 2.13. The summed E-state index contributed by atoms with van der Waals surface area (Å²) in [6, 6.07) is 0. The van der Waals surface area contributed by atoms with E-state index >= 15 is 0 Å². The van der Waals surface area contributed by atoms with E-state index in [4.69, 9.17) is 9.84 Å². The molecule has 1 aromatic heterocycles. The van der Waals surface area contributed by atoms with E-state index in [1.54, 1.807) is 19.4 Å². The lowest BCUT2D eigenvalue weighted by Gasteiger charge is -2.28. The summed E-state index contributed by atoms with van der Waals surface area (Å²) in [6.07, 6.45) is 5.37. The Labute approximate surface area is 117 Å². The lowest BCUT2D eigenvalue weighted by atomic mass is 9.99. The molecule has 1 heterocycles. The first kappa shape index (κ1) is 15.8. The molecule has 0 bridgehead atoms. The molecule has 19 heavy (non-hydrogen) atoms. The van der Waals surface area contributed by atoms with Crippen LogP contribution in [0.5, 0.6) is 0 Å². The predicted octanol–water partition coefficient (Wildman–Crippen LogP) is 1.37. The molecular weight excluding hydrogens is 264 g/mol. The number of carbonyl (C=O) groups excluding carboxylic acids is 1. The average molecular weight is 284 g/mol. The molecule has 0 aliphatic carbocycles. The average Bonchev–Trinajstić information content (AvgIpc) is 2.73. The maximum absolute atomic E-state index is 11.8. The van der Waals surface area contributed by atoms with E-state index in [0.717, 1.165) is 9.88 Å². The SMILES string of the molecule is COCC(C)(CCO)NC(=O)/C=C/c1cnc(C)s1. The first-order valence-corrected chi connectivity index (χ1v) is 6.83. The fourth-order valence-corrected chi connectivity index (χ4v) is 2.38. The van der Waals surface area contributed by atoms with Crippen molar-refractivity contribution in [2.75, 3.05) is 20.3 Å². The number of rotatable bonds is 7. The number of aryl methyl sites for hydroxylation is 1. The first-order valence-electron chi connectivity index (χ1n) is 6.01. The third-order valence-electron chi connectivity index (χ3n) is 2.59. The van der Waals surface area contributed by atoms with E-state index in [9.17, 15) is 4.79 Å². The van der Waals surface area contributed by atoms with E-state index in [1.165, 1.54) is 17.4 Å². The number of hydrogen-bond acceptors (Lipinski definition) is 5. The van der Waals surface area contributed by atoms with Crippen molar-refractivity contribution in [3.8, 4) is 0 Å². The van der Waals surface area contributed by atoms with E-state index in [2.05, 4.69) is 10.3 Å². The monoisotopic (exact) mass is 284 g/mol. The molecule has 106 valence electrons. The van der Waals surface area contributed by atoms with E-state index in [-0.39, 0.29) is 12.5 Å². The molecule has 1 unspecified atom stereocenters. The molecule has 1 atom stereocenters. The fraction of sp³-hybridized carbons (Fsp3) is 0.538. The van der Waals surface area contributed by atoms with E-state index in [1.807, 2.05) is 13.8 Å². The van der Waals surface area contributed by atoms with Crippen LogP contribution in [0.15, 0.2) is 12.3 Å². The number of hydrogen-bond donors (Lipinski definition) is 2. The molecule has 2 N–H and O–H groups in total. The van der Waals surface area contributed by atoms with Crippen molar-refractivity contribution in [3.05, 3.63) is 22.2 Å².